The van der Waals surface area contributed by atoms with E-state index in [9.17, 15) is 9.59 Å². The first-order chi connectivity index (χ1) is 19.0. The van der Waals surface area contributed by atoms with Crippen molar-refractivity contribution in [3.8, 4) is 11.4 Å². The summed E-state index contributed by atoms with van der Waals surface area (Å²) in [5.41, 5.74) is 2.44. The molecule has 11 heteroatoms. The lowest BCUT2D eigenvalue weighted by Gasteiger charge is -2.31. The van der Waals surface area contributed by atoms with E-state index in [0.29, 0.717) is 35.3 Å². The topological polar surface area (TPSA) is 115 Å². The van der Waals surface area contributed by atoms with E-state index in [4.69, 9.17) is 20.8 Å². The minimum Gasteiger partial charge on any atom is -0.467 e. The van der Waals surface area contributed by atoms with Crippen molar-refractivity contribution >= 4 is 23.4 Å². The third-order valence-corrected chi connectivity index (χ3v) is 6.79. The van der Waals surface area contributed by atoms with Gasteiger partial charge in [0, 0.05) is 23.7 Å². The maximum atomic E-state index is 13.8. The molecule has 1 fully saturated rings. The number of tetrazole rings is 1. The number of benzene rings is 2. The molecule has 0 spiro atoms. The van der Waals surface area contributed by atoms with Crippen molar-refractivity contribution < 1.29 is 18.7 Å². The SMILES string of the molecule is Cc1ccc([C@H](C(=O)NC[C@@H]2CCCO2)N(Cc2ccco2)C(=O)Cn2nnc(-c3ccc(Cl)cc3)n2)cc1. The number of carbonyl (C=O) groups excluding carboxylic acids is 2. The number of hydrogen-bond donors (Lipinski definition) is 1. The van der Waals surface area contributed by atoms with E-state index in [0.717, 1.165) is 24.0 Å². The molecule has 2 aromatic heterocycles. The Labute approximate surface area is 230 Å². The van der Waals surface area contributed by atoms with Gasteiger partial charge in [0.15, 0.2) is 0 Å². The van der Waals surface area contributed by atoms with Crippen molar-refractivity contribution in [2.45, 2.75) is 45.0 Å². The lowest BCUT2D eigenvalue weighted by molar-refractivity contribution is -0.142. The highest BCUT2D eigenvalue weighted by Gasteiger charge is 2.33. The van der Waals surface area contributed by atoms with Gasteiger partial charge in [0.1, 0.15) is 18.3 Å². The van der Waals surface area contributed by atoms with Crippen LogP contribution in [0.15, 0.2) is 71.3 Å². The van der Waals surface area contributed by atoms with E-state index < -0.39 is 6.04 Å². The molecule has 5 rings (SSSR count). The van der Waals surface area contributed by atoms with Crippen LogP contribution in [0.4, 0.5) is 0 Å². The Morgan fingerprint density at radius 3 is 2.64 bits per heavy atom. The number of aryl methyl sites for hydroxylation is 1. The third kappa shape index (κ3) is 6.71. The Hall–Kier alpha value is -4.02. The van der Waals surface area contributed by atoms with Crippen molar-refractivity contribution in [3.05, 3.63) is 88.8 Å². The van der Waals surface area contributed by atoms with Crippen molar-refractivity contribution in [2.24, 2.45) is 0 Å². The molecule has 3 heterocycles. The van der Waals surface area contributed by atoms with Gasteiger partial charge < -0.3 is 19.4 Å². The molecule has 2 atom stereocenters. The van der Waals surface area contributed by atoms with Crippen LogP contribution in [-0.2, 0) is 27.4 Å². The summed E-state index contributed by atoms with van der Waals surface area (Å²) in [5, 5.41) is 16.1. The van der Waals surface area contributed by atoms with Gasteiger partial charge >= 0.3 is 0 Å². The summed E-state index contributed by atoms with van der Waals surface area (Å²) in [5.74, 6) is 0.231. The fourth-order valence-electron chi connectivity index (χ4n) is 4.47. The molecular formula is C28H29ClN6O4. The minimum atomic E-state index is -0.913. The number of amides is 2. The van der Waals surface area contributed by atoms with Crippen LogP contribution in [0.5, 0.6) is 0 Å². The van der Waals surface area contributed by atoms with Gasteiger partial charge in [0.05, 0.1) is 18.9 Å². The molecule has 0 aliphatic carbocycles. The molecule has 2 aromatic carbocycles. The number of halogens is 1. The zero-order valence-electron chi connectivity index (χ0n) is 21.5. The standard InChI is InChI=1S/C28H29ClN6O4/c1-19-6-8-20(9-7-19)26(28(37)30-16-23-4-2-14-38-23)34(17-24-5-3-15-39-24)25(36)18-35-32-27(31-33-35)21-10-12-22(29)13-11-21/h3,5-13,15,23,26H,2,4,14,16-18H2,1H3,(H,30,37)/t23-,26+/m0/s1. The number of nitrogens with one attached hydrogen (secondary N) is 1. The molecule has 202 valence electrons. The number of carbonyl (C=O) groups is 2. The number of hydrogen-bond acceptors (Lipinski definition) is 7. The summed E-state index contributed by atoms with van der Waals surface area (Å²) in [4.78, 5) is 30.2. The lowest BCUT2D eigenvalue weighted by Crippen LogP contribution is -2.46. The second kappa shape index (κ2) is 12.2. The molecule has 2 amide bonds. The van der Waals surface area contributed by atoms with Crippen LogP contribution < -0.4 is 5.32 Å². The highest BCUT2D eigenvalue weighted by molar-refractivity contribution is 6.30. The van der Waals surface area contributed by atoms with Gasteiger partial charge in [-0.2, -0.15) is 4.80 Å². The van der Waals surface area contributed by atoms with Crippen LogP contribution in [0.1, 0.15) is 35.8 Å². The van der Waals surface area contributed by atoms with Crippen LogP contribution in [0, 0.1) is 6.92 Å². The number of nitrogens with zero attached hydrogens (tertiary/aromatic N) is 5. The van der Waals surface area contributed by atoms with E-state index in [1.807, 2.05) is 31.2 Å². The molecule has 1 aliphatic rings. The van der Waals surface area contributed by atoms with Gasteiger partial charge in [0.25, 0.3) is 0 Å². The summed E-state index contributed by atoms with van der Waals surface area (Å²) in [6.07, 6.45) is 3.35. The van der Waals surface area contributed by atoms with E-state index in [-0.39, 0.29) is 31.0 Å². The second-order valence-electron chi connectivity index (χ2n) is 9.44. The Kier molecular flexibility index (Phi) is 8.33. The summed E-state index contributed by atoms with van der Waals surface area (Å²) in [6.45, 7) is 2.89. The Bertz CT molecular complexity index is 1380. The third-order valence-electron chi connectivity index (χ3n) is 6.54. The van der Waals surface area contributed by atoms with Crippen LogP contribution in [0.3, 0.4) is 0 Å². The molecule has 39 heavy (non-hydrogen) atoms. The predicted octanol–water partition coefficient (Wildman–Crippen LogP) is 3.96. The number of rotatable bonds is 10. The minimum absolute atomic E-state index is 0.0347. The maximum absolute atomic E-state index is 13.8. The first-order valence-electron chi connectivity index (χ1n) is 12.8. The predicted molar refractivity (Wildman–Crippen MR) is 143 cm³/mol. The Morgan fingerprint density at radius 2 is 1.95 bits per heavy atom. The average molecular weight is 549 g/mol. The van der Waals surface area contributed by atoms with Crippen molar-refractivity contribution in [2.75, 3.05) is 13.2 Å². The molecule has 1 aliphatic heterocycles. The van der Waals surface area contributed by atoms with Gasteiger partial charge in [-0.1, -0.05) is 41.4 Å². The second-order valence-corrected chi connectivity index (χ2v) is 9.88. The normalized spacial score (nSPS) is 15.7. The molecule has 10 nitrogen and oxygen atoms in total. The van der Waals surface area contributed by atoms with Gasteiger partial charge in [-0.25, -0.2) is 0 Å². The van der Waals surface area contributed by atoms with Crippen LogP contribution in [0.25, 0.3) is 11.4 Å². The van der Waals surface area contributed by atoms with Crippen LogP contribution >= 0.6 is 11.6 Å². The lowest BCUT2D eigenvalue weighted by atomic mass is 10.0. The van der Waals surface area contributed by atoms with Gasteiger partial charge in [-0.05, 0) is 66.9 Å². The summed E-state index contributed by atoms with van der Waals surface area (Å²) < 4.78 is 11.2. The highest BCUT2D eigenvalue weighted by atomic mass is 35.5. The largest absolute Gasteiger partial charge is 0.467 e. The molecule has 0 unspecified atom stereocenters. The smallest absolute Gasteiger partial charge is 0.247 e. The quantitative estimate of drug-likeness (QED) is 0.319. The van der Waals surface area contributed by atoms with Crippen LogP contribution in [0.2, 0.25) is 5.02 Å². The zero-order valence-corrected chi connectivity index (χ0v) is 22.3. The number of ether oxygens (including phenoxy) is 1. The first-order valence-corrected chi connectivity index (χ1v) is 13.2. The highest BCUT2D eigenvalue weighted by Crippen LogP contribution is 2.26. The van der Waals surface area contributed by atoms with Crippen LogP contribution in [-0.4, -0.2) is 56.2 Å². The number of aromatic nitrogens is 4. The van der Waals surface area contributed by atoms with E-state index in [2.05, 4.69) is 20.7 Å². The maximum Gasteiger partial charge on any atom is 0.247 e. The van der Waals surface area contributed by atoms with E-state index in [1.165, 1.54) is 16.0 Å². The molecule has 1 N–H and O–H groups in total. The summed E-state index contributed by atoms with van der Waals surface area (Å²) in [6, 6.07) is 17.2. The molecule has 4 aromatic rings. The van der Waals surface area contributed by atoms with Crippen molar-refractivity contribution in [1.82, 2.24) is 30.4 Å². The van der Waals surface area contributed by atoms with E-state index >= 15 is 0 Å². The monoisotopic (exact) mass is 548 g/mol. The Balaban J connectivity index is 1.42. The van der Waals surface area contributed by atoms with E-state index in [1.54, 1.807) is 36.4 Å². The summed E-state index contributed by atoms with van der Waals surface area (Å²) in [7, 11) is 0. The fraction of sp³-hybridized carbons (Fsp3) is 0.321. The van der Waals surface area contributed by atoms with Crippen molar-refractivity contribution in [3.63, 3.8) is 0 Å². The molecule has 0 saturated carbocycles. The molecule has 0 radical (unpaired) electrons. The Morgan fingerprint density at radius 1 is 1.15 bits per heavy atom. The number of furan rings is 1. The van der Waals surface area contributed by atoms with Gasteiger partial charge in [-0.15, -0.1) is 10.2 Å². The van der Waals surface area contributed by atoms with Gasteiger partial charge in [-0.3, -0.25) is 9.59 Å². The average Bonchev–Trinajstić information content (AvgIpc) is 3.72. The fourth-order valence-corrected chi connectivity index (χ4v) is 4.59. The molecule has 0 bridgehead atoms. The molecular weight excluding hydrogens is 520 g/mol. The zero-order chi connectivity index (χ0) is 27.2. The van der Waals surface area contributed by atoms with Gasteiger partial charge in [0.2, 0.25) is 17.6 Å². The summed E-state index contributed by atoms with van der Waals surface area (Å²) >= 11 is 5.98. The van der Waals surface area contributed by atoms with Crippen molar-refractivity contribution in [1.29, 1.82) is 0 Å². The molecule has 1 saturated heterocycles. The first kappa shape index (κ1) is 26.6.